The molecule has 0 aromatic carbocycles. The minimum absolute atomic E-state index is 0. The monoisotopic (exact) mass is 381 g/mol. The van der Waals surface area contributed by atoms with Gasteiger partial charge in [0.25, 0.3) is 0 Å². The molecule has 2 fully saturated rings. The molecule has 8 heteroatoms. The number of carbonyl (C=O) groups is 1. The topological polar surface area (TPSA) is 84.1 Å². The molecular formula is C17H24ClN5OS. The van der Waals surface area contributed by atoms with Crippen molar-refractivity contribution in [2.24, 2.45) is 11.7 Å². The van der Waals surface area contributed by atoms with E-state index in [1.165, 1.54) is 0 Å². The molecule has 2 aromatic rings. The summed E-state index contributed by atoms with van der Waals surface area (Å²) >= 11 is 1.61. The number of amides is 1. The number of hydrogen-bond acceptors (Lipinski definition) is 6. The zero-order valence-corrected chi connectivity index (χ0v) is 15.7. The van der Waals surface area contributed by atoms with Gasteiger partial charge in [0.1, 0.15) is 23.0 Å². The van der Waals surface area contributed by atoms with E-state index < -0.39 is 0 Å². The second kappa shape index (κ2) is 7.85. The van der Waals surface area contributed by atoms with Crippen LogP contribution in [0, 0.1) is 5.92 Å². The van der Waals surface area contributed by atoms with Crippen molar-refractivity contribution in [3.05, 3.63) is 17.8 Å². The van der Waals surface area contributed by atoms with Gasteiger partial charge in [-0.3, -0.25) is 4.79 Å². The van der Waals surface area contributed by atoms with E-state index in [2.05, 4.69) is 20.2 Å². The highest BCUT2D eigenvalue weighted by Gasteiger charge is 2.35. The molecule has 1 aliphatic heterocycles. The van der Waals surface area contributed by atoms with Crippen LogP contribution in [0.5, 0.6) is 0 Å². The van der Waals surface area contributed by atoms with Gasteiger partial charge in [-0.1, -0.05) is 6.42 Å². The van der Waals surface area contributed by atoms with Crippen LogP contribution in [0.15, 0.2) is 17.8 Å². The first-order valence-corrected chi connectivity index (χ1v) is 9.61. The predicted octanol–water partition coefficient (Wildman–Crippen LogP) is 2.33. The molecule has 4 rings (SSSR count). The molecule has 2 aliphatic rings. The van der Waals surface area contributed by atoms with E-state index in [1.54, 1.807) is 17.7 Å². The summed E-state index contributed by atoms with van der Waals surface area (Å²) in [5.74, 6) is 1.44. The summed E-state index contributed by atoms with van der Waals surface area (Å²) in [5.41, 5.74) is 5.84. The van der Waals surface area contributed by atoms with Crippen LogP contribution in [-0.4, -0.2) is 41.0 Å². The molecule has 3 unspecified atom stereocenters. The SMILES string of the molecule is Cl.NCC1CCCC1NC(=O)C1CCCN1c1ncnc2sccc12. The summed E-state index contributed by atoms with van der Waals surface area (Å²) in [6.07, 6.45) is 6.81. The number of carbonyl (C=O) groups excluding carboxylic acids is 1. The lowest BCUT2D eigenvalue weighted by molar-refractivity contribution is -0.123. The zero-order chi connectivity index (χ0) is 16.5. The molecule has 1 amide bonds. The van der Waals surface area contributed by atoms with Gasteiger partial charge in [-0.15, -0.1) is 23.7 Å². The van der Waals surface area contributed by atoms with Gasteiger partial charge in [0.05, 0.1) is 5.39 Å². The van der Waals surface area contributed by atoms with Crippen LogP contribution < -0.4 is 16.0 Å². The summed E-state index contributed by atoms with van der Waals surface area (Å²) in [7, 11) is 0. The summed E-state index contributed by atoms with van der Waals surface area (Å²) < 4.78 is 0. The number of rotatable bonds is 4. The molecule has 1 aliphatic carbocycles. The van der Waals surface area contributed by atoms with Crippen molar-refractivity contribution in [3.8, 4) is 0 Å². The quantitative estimate of drug-likeness (QED) is 0.849. The Labute approximate surface area is 157 Å². The number of thiophene rings is 1. The Morgan fingerprint density at radius 2 is 2.20 bits per heavy atom. The van der Waals surface area contributed by atoms with E-state index in [-0.39, 0.29) is 30.4 Å². The summed E-state index contributed by atoms with van der Waals surface area (Å²) in [6.45, 7) is 1.52. The molecule has 1 saturated carbocycles. The van der Waals surface area contributed by atoms with Gasteiger partial charge in [0.2, 0.25) is 5.91 Å². The van der Waals surface area contributed by atoms with Gasteiger partial charge in [-0.25, -0.2) is 9.97 Å². The Balaban J connectivity index is 0.00000182. The van der Waals surface area contributed by atoms with E-state index in [0.717, 1.165) is 54.7 Å². The van der Waals surface area contributed by atoms with Gasteiger partial charge < -0.3 is 16.0 Å². The maximum absolute atomic E-state index is 12.9. The fourth-order valence-corrected chi connectivity index (χ4v) is 4.81. The molecule has 2 aromatic heterocycles. The Hall–Kier alpha value is -1.44. The van der Waals surface area contributed by atoms with Gasteiger partial charge in [0, 0.05) is 12.6 Å². The second-order valence-electron chi connectivity index (χ2n) is 6.73. The van der Waals surface area contributed by atoms with Crippen LogP contribution in [0.3, 0.4) is 0 Å². The van der Waals surface area contributed by atoms with Crippen molar-refractivity contribution in [2.75, 3.05) is 18.0 Å². The lowest BCUT2D eigenvalue weighted by Crippen LogP contribution is -2.49. The van der Waals surface area contributed by atoms with Gasteiger partial charge >= 0.3 is 0 Å². The fraction of sp³-hybridized carbons (Fsp3) is 0.588. The number of anilines is 1. The average molecular weight is 382 g/mol. The molecule has 3 heterocycles. The Kier molecular flexibility index (Phi) is 5.76. The highest BCUT2D eigenvalue weighted by molar-refractivity contribution is 7.16. The largest absolute Gasteiger partial charge is 0.351 e. The van der Waals surface area contributed by atoms with Crippen LogP contribution in [0.2, 0.25) is 0 Å². The molecule has 25 heavy (non-hydrogen) atoms. The number of fused-ring (bicyclic) bond motifs is 1. The third kappa shape index (κ3) is 3.45. The number of nitrogens with one attached hydrogen (secondary N) is 1. The molecule has 0 radical (unpaired) electrons. The van der Waals surface area contributed by atoms with Crippen molar-refractivity contribution >= 4 is 45.7 Å². The molecular weight excluding hydrogens is 358 g/mol. The first kappa shape index (κ1) is 18.4. The summed E-state index contributed by atoms with van der Waals surface area (Å²) in [6, 6.07) is 2.14. The molecule has 136 valence electrons. The van der Waals surface area contributed by atoms with E-state index in [1.807, 2.05) is 11.4 Å². The van der Waals surface area contributed by atoms with Crippen molar-refractivity contribution < 1.29 is 4.79 Å². The highest BCUT2D eigenvalue weighted by atomic mass is 35.5. The van der Waals surface area contributed by atoms with Crippen LogP contribution in [0.25, 0.3) is 10.2 Å². The first-order chi connectivity index (χ1) is 11.8. The Morgan fingerprint density at radius 1 is 1.32 bits per heavy atom. The van der Waals surface area contributed by atoms with Crippen molar-refractivity contribution in [1.82, 2.24) is 15.3 Å². The van der Waals surface area contributed by atoms with Gasteiger partial charge in [-0.2, -0.15) is 0 Å². The average Bonchev–Trinajstić information content (AvgIpc) is 3.33. The van der Waals surface area contributed by atoms with Gasteiger partial charge in [0.15, 0.2) is 0 Å². The Bertz CT molecular complexity index is 739. The number of halogens is 1. The van der Waals surface area contributed by atoms with Crippen LogP contribution in [-0.2, 0) is 4.79 Å². The zero-order valence-electron chi connectivity index (χ0n) is 14.1. The highest BCUT2D eigenvalue weighted by Crippen LogP contribution is 2.32. The molecule has 0 bridgehead atoms. The molecule has 1 saturated heterocycles. The second-order valence-corrected chi connectivity index (χ2v) is 7.62. The summed E-state index contributed by atoms with van der Waals surface area (Å²) in [5, 5.41) is 6.33. The molecule has 3 atom stereocenters. The van der Waals surface area contributed by atoms with Crippen LogP contribution in [0.4, 0.5) is 5.82 Å². The number of aromatic nitrogens is 2. The fourth-order valence-electron chi connectivity index (χ4n) is 4.09. The van der Waals surface area contributed by atoms with E-state index in [9.17, 15) is 4.79 Å². The van der Waals surface area contributed by atoms with E-state index >= 15 is 0 Å². The van der Waals surface area contributed by atoms with Crippen LogP contribution in [0.1, 0.15) is 32.1 Å². The lowest BCUT2D eigenvalue weighted by atomic mass is 10.0. The third-order valence-electron chi connectivity index (χ3n) is 5.36. The molecule has 0 spiro atoms. The van der Waals surface area contributed by atoms with Crippen molar-refractivity contribution in [2.45, 2.75) is 44.2 Å². The molecule has 3 N–H and O–H groups in total. The standard InChI is InChI=1S/C17H23N5OS.ClH/c18-9-11-3-1-4-13(11)21-16(23)14-5-2-7-22(14)15-12-6-8-24-17(12)20-10-19-15;/h6,8,10-11,13-14H,1-5,7,9,18H2,(H,21,23);1H. The minimum Gasteiger partial charge on any atom is -0.351 e. The molecule has 6 nitrogen and oxygen atoms in total. The Morgan fingerprint density at radius 3 is 3.04 bits per heavy atom. The first-order valence-electron chi connectivity index (χ1n) is 8.73. The summed E-state index contributed by atoms with van der Waals surface area (Å²) in [4.78, 5) is 24.8. The smallest absolute Gasteiger partial charge is 0.242 e. The third-order valence-corrected chi connectivity index (χ3v) is 6.18. The van der Waals surface area contributed by atoms with E-state index in [0.29, 0.717) is 12.5 Å². The normalized spacial score (nSPS) is 26.0. The number of nitrogens with two attached hydrogens (primary N) is 1. The van der Waals surface area contributed by atoms with Crippen molar-refractivity contribution in [1.29, 1.82) is 0 Å². The maximum Gasteiger partial charge on any atom is 0.242 e. The van der Waals surface area contributed by atoms with Gasteiger partial charge in [-0.05, 0) is 49.6 Å². The predicted molar refractivity (Wildman–Crippen MR) is 103 cm³/mol. The lowest BCUT2D eigenvalue weighted by Gasteiger charge is -2.28. The van der Waals surface area contributed by atoms with Crippen LogP contribution >= 0.6 is 23.7 Å². The number of hydrogen-bond donors (Lipinski definition) is 2. The maximum atomic E-state index is 12.9. The van der Waals surface area contributed by atoms with Crippen molar-refractivity contribution in [3.63, 3.8) is 0 Å². The van der Waals surface area contributed by atoms with E-state index in [4.69, 9.17) is 5.73 Å². The minimum atomic E-state index is -0.137. The number of nitrogens with zero attached hydrogens (tertiary/aromatic N) is 3.